The van der Waals surface area contributed by atoms with Crippen LogP contribution in [0.15, 0.2) is 13.5 Å². The van der Waals surface area contributed by atoms with E-state index < -0.39 is 41.9 Å². The minimum atomic E-state index is -6.54. The van der Waals surface area contributed by atoms with Crippen LogP contribution in [0.1, 0.15) is 0 Å². The van der Waals surface area contributed by atoms with E-state index in [-0.39, 0.29) is 0 Å². The molecule has 126 valence electrons. The second-order valence-corrected chi connectivity index (χ2v) is 8.35. The van der Waals surface area contributed by atoms with E-state index in [4.69, 9.17) is 0 Å². The molecule has 0 aliphatic carbocycles. The second-order valence-electron chi connectivity index (χ2n) is 3.22. The largest absolute Gasteiger partial charge is 0.425 e. The van der Waals surface area contributed by atoms with Gasteiger partial charge >= 0.3 is 35.7 Å². The maximum absolute atomic E-state index is 13.5. The third kappa shape index (κ3) is 5.22. The van der Waals surface area contributed by atoms with E-state index in [1.54, 1.807) is 0 Å². The molecule has 1 rings (SSSR count). The third-order valence-corrected chi connectivity index (χ3v) is 7.17. The van der Waals surface area contributed by atoms with Gasteiger partial charge in [-0.3, -0.25) is 4.52 Å². The lowest BCUT2D eigenvalue weighted by Gasteiger charge is -2.26. The molecule has 0 saturated heterocycles. The summed E-state index contributed by atoms with van der Waals surface area (Å²) in [6.45, 7) is 0. The Hall–Kier alpha value is -0.120. The lowest BCUT2D eigenvalue weighted by atomic mass is 10.3. The molecular formula is C3HF11N3OP3. The first kappa shape index (κ1) is 18.9. The van der Waals surface area contributed by atoms with Gasteiger partial charge < -0.3 is 0 Å². The predicted octanol–water partition coefficient (Wildman–Crippen LogP) is 7.20. The molecule has 1 aliphatic rings. The molecule has 1 heterocycles. The molecule has 0 aromatic heterocycles. The van der Waals surface area contributed by atoms with E-state index in [1.165, 1.54) is 13.5 Å². The van der Waals surface area contributed by atoms with Gasteiger partial charge in [0.05, 0.1) is 0 Å². The molecule has 0 radical (unpaired) electrons. The monoisotopic (exact) mass is 397 g/mol. The van der Waals surface area contributed by atoms with Crippen LogP contribution in [-0.4, -0.2) is 18.5 Å². The maximum atomic E-state index is 13.5. The van der Waals surface area contributed by atoms with Crippen molar-refractivity contribution in [3.05, 3.63) is 0 Å². The summed E-state index contributed by atoms with van der Waals surface area (Å²) < 4.78 is 144. The smallest absolute Gasteiger partial charge is 0.280 e. The van der Waals surface area contributed by atoms with Gasteiger partial charge in [0.15, 0.2) is 0 Å². The van der Waals surface area contributed by atoms with E-state index >= 15 is 0 Å². The van der Waals surface area contributed by atoms with Crippen LogP contribution in [0, 0.1) is 0 Å². The third-order valence-electron chi connectivity index (χ3n) is 1.49. The van der Waals surface area contributed by atoms with Crippen molar-refractivity contribution in [1.82, 2.24) is 0 Å². The van der Waals surface area contributed by atoms with Crippen LogP contribution >= 0.6 is 23.4 Å². The van der Waals surface area contributed by atoms with Crippen molar-refractivity contribution in [2.75, 3.05) is 0 Å². The molecule has 1 atom stereocenters. The summed E-state index contributed by atoms with van der Waals surface area (Å²) in [5.74, 6) is 0. The van der Waals surface area contributed by atoms with Gasteiger partial charge in [-0.1, -0.05) is 0 Å². The van der Waals surface area contributed by atoms with Gasteiger partial charge in [-0.2, -0.15) is 30.5 Å². The van der Waals surface area contributed by atoms with Gasteiger partial charge in [-0.05, 0) is 0 Å². The Morgan fingerprint density at radius 1 is 0.667 bits per heavy atom. The Labute approximate surface area is 108 Å². The average Bonchev–Trinajstić information content (AvgIpc) is 2.03. The van der Waals surface area contributed by atoms with Crippen molar-refractivity contribution < 1.29 is 51.9 Å². The zero-order chi connectivity index (χ0) is 16.9. The average molecular weight is 397 g/mol. The maximum Gasteiger partial charge on any atom is 0.425 e. The molecule has 0 fully saturated rings. The first-order valence-corrected chi connectivity index (χ1v) is 8.63. The fourth-order valence-corrected chi connectivity index (χ4v) is 6.33. The topological polar surface area (TPSA) is 46.3 Å². The van der Waals surface area contributed by atoms with Crippen molar-refractivity contribution in [2.45, 2.75) is 18.5 Å². The lowest BCUT2D eigenvalue weighted by molar-refractivity contribution is -0.300. The number of hydrogen-bond acceptors (Lipinski definition) is 4. The van der Waals surface area contributed by atoms with Crippen LogP contribution in [0.4, 0.5) is 47.3 Å². The predicted molar refractivity (Wildman–Crippen MR) is 50.6 cm³/mol. The van der Waals surface area contributed by atoms with E-state index in [9.17, 15) is 47.3 Å². The Balaban J connectivity index is 3.37. The highest BCUT2D eigenvalue weighted by Crippen LogP contribution is 2.82. The number of hydrogen-bond donors (Lipinski definition) is 0. The fourth-order valence-electron chi connectivity index (χ4n) is 0.930. The van der Waals surface area contributed by atoms with E-state index in [1.807, 2.05) is 0 Å². The molecule has 21 heavy (non-hydrogen) atoms. The highest BCUT2D eigenvalue weighted by Gasteiger charge is 2.61. The molecule has 0 aromatic carbocycles. The summed E-state index contributed by atoms with van der Waals surface area (Å²) in [5, 5.41) is 0. The summed E-state index contributed by atoms with van der Waals surface area (Å²) in [5.41, 5.74) is 0. The second kappa shape index (κ2) is 5.21. The molecule has 0 N–H and O–H groups in total. The Bertz CT molecular complexity index is 556. The van der Waals surface area contributed by atoms with Gasteiger partial charge in [-0.15, -0.1) is 30.3 Å². The van der Waals surface area contributed by atoms with Crippen LogP contribution in [0.3, 0.4) is 0 Å². The summed E-state index contributed by atoms with van der Waals surface area (Å²) in [6.07, 6.45) is -17.5. The quantitative estimate of drug-likeness (QED) is 0.359. The standard InChI is InChI=1S/C3HF11N3OP3/c4-2(5,6)1(3(7,8)9)18-21(14)16-19(10,11)15-20(12,13)17-21/h1H. The van der Waals surface area contributed by atoms with E-state index in [0.717, 1.165) is 0 Å². The molecule has 0 bridgehead atoms. The molecular weight excluding hydrogens is 396 g/mol. The summed E-state index contributed by atoms with van der Waals surface area (Å²) >= 11 is 0. The Kier molecular flexibility index (Phi) is 4.70. The first-order chi connectivity index (χ1) is 8.96. The van der Waals surface area contributed by atoms with Crippen LogP contribution in [-0.2, 0) is 4.52 Å². The first-order valence-electron chi connectivity index (χ1n) is 4.17. The van der Waals surface area contributed by atoms with Gasteiger partial charge in [-0.25, -0.2) is 0 Å². The van der Waals surface area contributed by atoms with Crippen LogP contribution in [0.2, 0.25) is 0 Å². The number of nitrogens with zero attached hydrogens (tertiary/aromatic N) is 3. The summed E-state index contributed by atoms with van der Waals surface area (Å²) in [4.78, 5) is 0. The zero-order valence-electron chi connectivity index (χ0n) is 8.83. The van der Waals surface area contributed by atoms with Gasteiger partial charge in [0.25, 0.3) is 6.10 Å². The fraction of sp³-hybridized carbons (Fsp3) is 1.00. The van der Waals surface area contributed by atoms with Crippen LogP contribution in [0.5, 0.6) is 0 Å². The number of halogens is 11. The lowest BCUT2D eigenvalue weighted by Crippen LogP contribution is -2.43. The normalized spacial score (nSPS) is 28.6. The van der Waals surface area contributed by atoms with E-state index in [0.29, 0.717) is 0 Å². The van der Waals surface area contributed by atoms with Crippen molar-refractivity contribution in [1.29, 1.82) is 0 Å². The van der Waals surface area contributed by atoms with Gasteiger partial charge in [0.1, 0.15) is 0 Å². The molecule has 0 amide bonds. The molecule has 1 aliphatic heterocycles. The van der Waals surface area contributed by atoms with Crippen molar-refractivity contribution >= 4 is 23.4 Å². The van der Waals surface area contributed by atoms with E-state index in [2.05, 4.69) is 4.52 Å². The highest BCUT2D eigenvalue weighted by atomic mass is 31.3. The van der Waals surface area contributed by atoms with Crippen molar-refractivity contribution in [3.8, 4) is 0 Å². The zero-order valence-corrected chi connectivity index (χ0v) is 11.5. The SMILES string of the molecule is FC(F)(F)C(OP1(F)=NP(F)(F)=NP(F)(F)=N1)C(F)(F)F. The van der Waals surface area contributed by atoms with Gasteiger partial charge in [0, 0.05) is 0 Å². The van der Waals surface area contributed by atoms with Crippen molar-refractivity contribution in [3.63, 3.8) is 0 Å². The summed E-state index contributed by atoms with van der Waals surface area (Å²) in [6, 6.07) is 0. The minimum absolute atomic E-state index is 1.44. The molecule has 0 aromatic rings. The molecule has 4 nitrogen and oxygen atoms in total. The van der Waals surface area contributed by atoms with Gasteiger partial charge in [0.2, 0.25) is 0 Å². The van der Waals surface area contributed by atoms with Crippen molar-refractivity contribution in [2.24, 2.45) is 13.5 Å². The highest BCUT2D eigenvalue weighted by molar-refractivity contribution is 7.77. The Morgan fingerprint density at radius 3 is 1.38 bits per heavy atom. The Morgan fingerprint density at radius 2 is 1.05 bits per heavy atom. The van der Waals surface area contributed by atoms with Crippen LogP contribution < -0.4 is 0 Å². The van der Waals surface area contributed by atoms with Crippen LogP contribution in [0.25, 0.3) is 0 Å². The molecule has 0 spiro atoms. The number of rotatable bonds is 2. The number of alkyl halides is 6. The molecule has 1 unspecified atom stereocenters. The molecule has 18 heteroatoms. The minimum Gasteiger partial charge on any atom is -0.280 e. The molecule has 0 saturated carbocycles. The summed E-state index contributed by atoms with van der Waals surface area (Å²) in [7, 11) is -19.5.